The number of rotatable bonds is 3. The van der Waals surface area contributed by atoms with Crippen LogP contribution in [0, 0.1) is 0 Å². The first kappa shape index (κ1) is 11.0. The van der Waals surface area contributed by atoms with Crippen LogP contribution in [0.5, 0.6) is 0 Å². The summed E-state index contributed by atoms with van der Waals surface area (Å²) in [6.45, 7) is 0. The predicted octanol–water partition coefficient (Wildman–Crippen LogP) is 1.39. The fourth-order valence-electron chi connectivity index (χ4n) is 1.50. The average molecular weight is 258 g/mol. The van der Waals surface area contributed by atoms with Crippen molar-refractivity contribution in [3.8, 4) is 0 Å². The van der Waals surface area contributed by atoms with Gasteiger partial charge in [0.1, 0.15) is 6.33 Å². The molecular formula is C11H10N6S. The maximum absolute atomic E-state index is 5.68. The molecule has 3 rings (SSSR count). The summed E-state index contributed by atoms with van der Waals surface area (Å²) in [5.41, 5.74) is 6.90. The third-order valence-electron chi connectivity index (χ3n) is 2.36. The Morgan fingerprint density at radius 1 is 1.17 bits per heavy atom. The van der Waals surface area contributed by atoms with E-state index in [1.54, 1.807) is 11.8 Å². The van der Waals surface area contributed by atoms with E-state index in [9.17, 15) is 0 Å². The highest BCUT2D eigenvalue weighted by atomic mass is 32.2. The molecule has 0 saturated carbocycles. The van der Waals surface area contributed by atoms with Crippen LogP contribution < -0.4 is 5.73 Å². The molecule has 0 aliphatic heterocycles. The Hall–Kier alpha value is -2.15. The van der Waals surface area contributed by atoms with E-state index in [-0.39, 0.29) is 0 Å². The van der Waals surface area contributed by atoms with Crippen molar-refractivity contribution >= 4 is 23.5 Å². The van der Waals surface area contributed by atoms with Crippen LogP contribution in [0.2, 0.25) is 0 Å². The Balaban J connectivity index is 1.81. The van der Waals surface area contributed by atoms with E-state index in [2.05, 4.69) is 32.2 Å². The second kappa shape index (κ2) is 4.61. The number of fused-ring (bicyclic) bond motifs is 1. The molecule has 2 aromatic heterocycles. The number of nitrogens with two attached hydrogens (primary N) is 1. The molecule has 2 N–H and O–H groups in total. The summed E-state index contributed by atoms with van der Waals surface area (Å²) >= 11 is 1.54. The first-order valence-corrected chi connectivity index (χ1v) is 6.31. The summed E-state index contributed by atoms with van der Waals surface area (Å²) in [5, 5.41) is 4.89. The standard InChI is InChI=1S/C11H10N6S/c12-9-13-7-14-10-15-11(16-17(9)10)18-6-8-4-2-1-3-5-8/h1-5,7H,6H2,(H2,12,13,14,15,16). The van der Waals surface area contributed by atoms with Crippen molar-refractivity contribution in [1.82, 2.24) is 24.6 Å². The van der Waals surface area contributed by atoms with Gasteiger partial charge in [0, 0.05) is 5.75 Å². The summed E-state index contributed by atoms with van der Waals surface area (Å²) in [4.78, 5) is 12.1. The van der Waals surface area contributed by atoms with Crippen LogP contribution in [0.3, 0.4) is 0 Å². The smallest absolute Gasteiger partial charge is 0.257 e. The zero-order valence-electron chi connectivity index (χ0n) is 9.39. The number of thioether (sulfide) groups is 1. The first-order chi connectivity index (χ1) is 8.83. The molecular weight excluding hydrogens is 248 g/mol. The largest absolute Gasteiger partial charge is 0.368 e. The monoisotopic (exact) mass is 258 g/mol. The van der Waals surface area contributed by atoms with Gasteiger partial charge in [-0.15, -0.1) is 5.10 Å². The fraction of sp³-hybridized carbons (Fsp3) is 0.0909. The number of hydrogen-bond donors (Lipinski definition) is 1. The molecule has 0 aliphatic rings. The Morgan fingerprint density at radius 3 is 2.78 bits per heavy atom. The molecule has 1 aromatic carbocycles. The molecule has 0 saturated heterocycles. The van der Waals surface area contributed by atoms with E-state index in [1.807, 2.05) is 18.2 Å². The second-order valence-electron chi connectivity index (χ2n) is 3.61. The molecule has 18 heavy (non-hydrogen) atoms. The maximum atomic E-state index is 5.68. The van der Waals surface area contributed by atoms with Crippen LogP contribution in [0.15, 0.2) is 41.8 Å². The van der Waals surface area contributed by atoms with E-state index >= 15 is 0 Å². The summed E-state index contributed by atoms with van der Waals surface area (Å²) < 4.78 is 1.44. The molecule has 90 valence electrons. The van der Waals surface area contributed by atoms with Gasteiger partial charge in [0.25, 0.3) is 5.78 Å². The number of nitrogens with zero attached hydrogens (tertiary/aromatic N) is 5. The molecule has 2 heterocycles. The van der Waals surface area contributed by atoms with Crippen LogP contribution >= 0.6 is 11.8 Å². The number of nitrogen functional groups attached to an aromatic ring is 1. The highest BCUT2D eigenvalue weighted by Crippen LogP contribution is 2.19. The number of anilines is 1. The van der Waals surface area contributed by atoms with E-state index in [4.69, 9.17) is 5.73 Å². The second-order valence-corrected chi connectivity index (χ2v) is 4.55. The molecule has 0 unspecified atom stereocenters. The van der Waals surface area contributed by atoms with Crippen molar-refractivity contribution in [1.29, 1.82) is 0 Å². The predicted molar refractivity (Wildman–Crippen MR) is 69.0 cm³/mol. The average Bonchev–Trinajstić information content (AvgIpc) is 2.82. The molecule has 7 heteroatoms. The third kappa shape index (κ3) is 2.12. The van der Waals surface area contributed by atoms with E-state index < -0.39 is 0 Å². The summed E-state index contributed by atoms with van der Waals surface area (Å²) in [7, 11) is 0. The molecule has 6 nitrogen and oxygen atoms in total. The Morgan fingerprint density at radius 2 is 2.00 bits per heavy atom. The lowest BCUT2D eigenvalue weighted by Crippen LogP contribution is -2.02. The molecule has 0 fully saturated rings. The quantitative estimate of drug-likeness (QED) is 0.715. The van der Waals surface area contributed by atoms with Gasteiger partial charge in [-0.05, 0) is 5.56 Å². The maximum Gasteiger partial charge on any atom is 0.257 e. The van der Waals surface area contributed by atoms with Crippen LogP contribution in [0.1, 0.15) is 5.56 Å². The number of hydrogen-bond acceptors (Lipinski definition) is 6. The van der Waals surface area contributed by atoms with Gasteiger partial charge < -0.3 is 5.73 Å². The van der Waals surface area contributed by atoms with Crippen molar-refractivity contribution in [3.63, 3.8) is 0 Å². The number of aromatic nitrogens is 5. The zero-order chi connectivity index (χ0) is 12.4. The molecule has 0 aliphatic carbocycles. The lowest BCUT2D eigenvalue weighted by molar-refractivity contribution is 0.863. The minimum absolute atomic E-state index is 0.291. The highest BCUT2D eigenvalue weighted by Gasteiger charge is 2.07. The summed E-state index contributed by atoms with van der Waals surface area (Å²) in [5.74, 6) is 1.57. The Bertz CT molecular complexity index is 666. The molecule has 0 atom stereocenters. The minimum atomic E-state index is 0.291. The van der Waals surface area contributed by atoms with Gasteiger partial charge in [-0.25, -0.2) is 4.98 Å². The molecule has 0 spiro atoms. The highest BCUT2D eigenvalue weighted by molar-refractivity contribution is 7.98. The van der Waals surface area contributed by atoms with Gasteiger partial charge in [0.15, 0.2) is 0 Å². The van der Waals surface area contributed by atoms with E-state index in [1.165, 1.54) is 16.4 Å². The van der Waals surface area contributed by atoms with E-state index in [0.29, 0.717) is 16.9 Å². The summed E-state index contributed by atoms with van der Waals surface area (Å²) in [6, 6.07) is 10.1. The van der Waals surface area contributed by atoms with Crippen molar-refractivity contribution in [2.45, 2.75) is 10.9 Å². The van der Waals surface area contributed by atoms with E-state index in [0.717, 1.165) is 5.75 Å². The van der Waals surface area contributed by atoms with Gasteiger partial charge in [0.2, 0.25) is 11.1 Å². The van der Waals surface area contributed by atoms with Crippen molar-refractivity contribution in [3.05, 3.63) is 42.2 Å². The van der Waals surface area contributed by atoms with Crippen molar-refractivity contribution < 1.29 is 0 Å². The molecule has 0 radical (unpaired) electrons. The molecule has 3 aromatic rings. The fourth-order valence-corrected chi connectivity index (χ4v) is 2.27. The van der Waals surface area contributed by atoms with Gasteiger partial charge >= 0.3 is 0 Å². The van der Waals surface area contributed by atoms with Gasteiger partial charge in [-0.1, -0.05) is 42.1 Å². The van der Waals surface area contributed by atoms with Crippen LogP contribution in [0.25, 0.3) is 5.78 Å². The summed E-state index contributed by atoms with van der Waals surface area (Å²) in [6.07, 6.45) is 1.38. The van der Waals surface area contributed by atoms with Crippen LogP contribution in [-0.2, 0) is 5.75 Å². The molecule has 0 amide bonds. The lowest BCUT2D eigenvalue weighted by atomic mass is 10.2. The van der Waals surface area contributed by atoms with Crippen molar-refractivity contribution in [2.24, 2.45) is 0 Å². The van der Waals surface area contributed by atoms with Gasteiger partial charge in [0.05, 0.1) is 0 Å². The molecule has 0 bridgehead atoms. The normalized spacial score (nSPS) is 10.9. The first-order valence-electron chi connectivity index (χ1n) is 5.33. The van der Waals surface area contributed by atoms with Crippen LogP contribution in [-0.4, -0.2) is 24.6 Å². The number of benzene rings is 1. The SMILES string of the molecule is Nc1ncnc2nc(SCc3ccccc3)nn12. The topological polar surface area (TPSA) is 82.0 Å². The Kier molecular flexibility index (Phi) is 2.81. The zero-order valence-corrected chi connectivity index (χ0v) is 10.2. The third-order valence-corrected chi connectivity index (χ3v) is 3.27. The van der Waals surface area contributed by atoms with Crippen molar-refractivity contribution in [2.75, 3.05) is 5.73 Å². The van der Waals surface area contributed by atoms with Crippen LogP contribution in [0.4, 0.5) is 5.95 Å². The Labute approximate surface area is 107 Å². The van der Waals surface area contributed by atoms with Gasteiger partial charge in [-0.3, -0.25) is 0 Å². The minimum Gasteiger partial charge on any atom is -0.368 e. The van der Waals surface area contributed by atoms with Gasteiger partial charge in [-0.2, -0.15) is 14.5 Å². The lowest BCUT2D eigenvalue weighted by Gasteiger charge is -1.96.